The maximum absolute atomic E-state index is 13.1. The molecule has 2 aromatic rings. The number of likely N-dealkylation sites (tertiary alicyclic amines) is 1. The summed E-state index contributed by atoms with van der Waals surface area (Å²) in [5.41, 5.74) is 1.18. The van der Waals surface area contributed by atoms with Crippen molar-refractivity contribution in [2.75, 3.05) is 40.4 Å². The van der Waals surface area contributed by atoms with Crippen molar-refractivity contribution in [2.24, 2.45) is 0 Å². The average molecular weight is 451 g/mol. The fourth-order valence-corrected chi connectivity index (χ4v) is 3.73. The molecule has 1 atom stereocenters. The molecule has 7 heteroatoms. The van der Waals surface area contributed by atoms with E-state index in [1.165, 1.54) is 4.90 Å². The molecule has 1 saturated heterocycles. The predicted octanol–water partition coefficient (Wildman–Crippen LogP) is 3.63. The average Bonchev–Trinajstić information content (AvgIpc) is 3.06. The summed E-state index contributed by atoms with van der Waals surface area (Å²) in [6, 6.07) is 13.3. The maximum atomic E-state index is 13.1. The predicted molar refractivity (Wildman–Crippen MR) is 127 cm³/mol. The Morgan fingerprint density at radius 1 is 1.12 bits per heavy atom. The van der Waals surface area contributed by atoms with Crippen LogP contribution in [0.2, 0.25) is 0 Å². The quantitative estimate of drug-likeness (QED) is 0.258. The standard InChI is InChI=1S/C26H30N2O5/c1-5-16-33-21-9-7-8-19(17-21)23-22(25(30)26(31)28(23)15-14-27(3)4)24(29)18-10-12-20(13-11-18)32-6-2/h5,7-13,17,23,29H,1,6,14-16H2,2-4H3/b24-22+/t23-/m1/s1. The minimum Gasteiger partial charge on any atom is -0.507 e. The van der Waals surface area contributed by atoms with Crippen LogP contribution < -0.4 is 9.47 Å². The van der Waals surface area contributed by atoms with Gasteiger partial charge in [-0.15, -0.1) is 0 Å². The van der Waals surface area contributed by atoms with Crippen LogP contribution in [0.1, 0.15) is 24.1 Å². The van der Waals surface area contributed by atoms with Gasteiger partial charge in [0, 0.05) is 18.7 Å². The lowest BCUT2D eigenvalue weighted by molar-refractivity contribution is -0.140. The molecule has 0 unspecified atom stereocenters. The molecule has 1 amide bonds. The van der Waals surface area contributed by atoms with Crippen molar-refractivity contribution >= 4 is 17.4 Å². The molecule has 7 nitrogen and oxygen atoms in total. The first-order valence-corrected chi connectivity index (χ1v) is 10.9. The highest BCUT2D eigenvalue weighted by Gasteiger charge is 2.46. The first kappa shape index (κ1) is 24.1. The molecule has 0 aromatic heterocycles. The second-order valence-electron chi connectivity index (χ2n) is 7.93. The van der Waals surface area contributed by atoms with E-state index in [1.54, 1.807) is 48.5 Å². The number of rotatable bonds is 10. The number of benzene rings is 2. The van der Waals surface area contributed by atoms with Crippen molar-refractivity contribution < 1.29 is 24.2 Å². The van der Waals surface area contributed by atoms with E-state index in [0.717, 1.165) is 0 Å². The SMILES string of the molecule is C=CCOc1cccc([C@@H]2/C(=C(\O)c3ccc(OCC)cc3)C(=O)C(=O)N2CCN(C)C)c1. The van der Waals surface area contributed by atoms with Gasteiger partial charge >= 0.3 is 0 Å². The van der Waals surface area contributed by atoms with Crippen molar-refractivity contribution in [3.8, 4) is 11.5 Å². The van der Waals surface area contributed by atoms with E-state index in [0.29, 0.717) is 48.9 Å². The van der Waals surface area contributed by atoms with Crippen LogP contribution in [-0.4, -0.2) is 67.0 Å². The number of Topliss-reactive ketones (excluding diaryl/α,β-unsaturated/α-hetero) is 1. The van der Waals surface area contributed by atoms with Gasteiger partial charge in [-0.3, -0.25) is 9.59 Å². The molecular weight excluding hydrogens is 420 g/mol. The van der Waals surface area contributed by atoms with Gasteiger partial charge in [0.25, 0.3) is 11.7 Å². The normalized spacial score (nSPS) is 17.5. The zero-order valence-electron chi connectivity index (χ0n) is 19.3. The molecule has 1 aliphatic rings. The van der Waals surface area contributed by atoms with E-state index >= 15 is 0 Å². The molecule has 0 radical (unpaired) electrons. The van der Waals surface area contributed by atoms with Gasteiger partial charge in [-0.2, -0.15) is 0 Å². The lowest BCUT2D eigenvalue weighted by Crippen LogP contribution is -2.35. The lowest BCUT2D eigenvalue weighted by Gasteiger charge is -2.27. The van der Waals surface area contributed by atoms with Crippen LogP contribution in [0.15, 0.2) is 66.8 Å². The molecule has 0 aliphatic carbocycles. The zero-order chi connectivity index (χ0) is 24.0. The van der Waals surface area contributed by atoms with Crippen LogP contribution in [0.4, 0.5) is 0 Å². The van der Waals surface area contributed by atoms with Crippen LogP contribution in [0.3, 0.4) is 0 Å². The summed E-state index contributed by atoms with van der Waals surface area (Å²) in [4.78, 5) is 29.5. The van der Waals surface area contributed by atoms with Gasteiger partial charge in [0.1, 0.15) is 23.9 Å². The van der Waals surface area contributed by atoms with Crippen molar-refractivity contribution in [3.63, 3.8) is 0 Å². The van der Waals surface area contributed by atoms with Gasteiger partial charge in [-0.1, -0.05) is 24.8 Å². The number of nitrogens with zero attached hydrogens (tertiary/aromatic N) is 2. The van der Waals surface area contributed by atoms with Crippen LogP contribution in [0.5, 0.6) is 11.5 Å². The summed E-state index contributed by atoms with van der Waals surface area (Å²) in [5, 5.41) is 11.2. The topological polar surface area (TPSA) is 79.3 Å². The van der Waals surface area contributed by atoms with Crippen LogP contribution in [0, 0.1) is 0 Å². The Bertz CT molecular complexity index is 1040. The molecule has 2 aromatic carbocycles. The summed E-state index contributed by atoms with van der Waals surface area (Å²) < 4.78 is 11.1. The van der Waals surface area contributed by atoms with Gasteiger partial charge in [0.05, 0.1) is 18.2 Å². The highest BCUT2D eigenvalue weighted by atomic mass is 16.5. The monoisotopic (exact) mass is 450 g/mol. The Morgan fingerprint density at radius 3 is 2.48 bits per heavy atom. The third kappa shape index (κ3) is 5.43. The molecule has 3 rings (SSSR count). The largest absolute Gasteiger partial charge is 0.507 e. The number of hydrogen-bond acceptors (Lipinski definition) is 6. The summed E-state index contributed by atoms with van der Waals surface area (Å²) >= 11 is 0. The van der Waals surface area contributed by atoms with Crippen molar-refractivity contribution in [2.45, 2.75) is 13.0 Å². The Morgan fingerprint density at radius 2 is 1.85 bits per heavy atom. The number of aliphatic hydroxyl groups is 1. The summed E-state index contributed by atoms with van der Waals surface area (Å²) in [7, 11) is 3.80. The molecule has 1 N–H and O–H groups in total. The van der Waals surface area contributed by atoms with E-state index in [1.807, 2.05) is 32.0 Å². The molecule has 0 spiro atoms. The van der Waals surface area contributed by atoms with Crippen molar-refractivity contribution in [3.05, 3.63) is 77.9 Å². The molecule has 33 heavy (non-hydrogen) atoms. The fraction of sp³-hybridized carbons (Fsp3) is 0.308. The maximum Gasteiger partial charge on any atom is 0.295 e. The van der Waals surface area contributed by atoms with Gasteiger partial charge in [0.15, 0.2) is 0 Å². The van der Waals surface area contributed by atoms with E-state index in [2.05, 4.69) is 6.58 Å². The molecule has 1 fully saturated rings. The van der Waals surface area contributed by atoms with E-state index in [4.69, 9.17) is 9.47 Å². The van der Waals surface area contributed by atoms with Gasteiger partial charge in [-0.05, 0) is 63.0 Å². The highest BCUT2D eigenvalue weighted by Crippen LogP contribution is 2.40. The van der Waals surface area contributed by atoms with Crippen LogP contribution in [-0.2, 0) is 9.59 Å². The number of carbonyl (C=O) groups is 2. The molecule has 0 bridgehead atoms. The second kappa shape index (κ2) is 10.8. The van der Waals surface area contributed by atoms with Crippen LogP contribution in [0.25, 0.3) is 5.76 Å². The van der Waals surface area contributed by atoms with E-state index in [-0.39, 0.29) is 11.3 Å². The van der Waals surface area contributed by atoms with Gasteiger partial charge in [0.2, 0.25) is 0 Å². The number of aliphatic hydroxyl groups excluding tert-OH is 1. The third-order valence-electron chi connectivity index (χ3n) is 5.31. The Balaban J connectivity index is 2.09. The molecule has 1 heterocycles. The number of amides is 1. The number of ether oxygens (including phenoxy) is 2. The highest BCUT2D eigenvalue weighted by molar-refractivity contribution is 6.46. The minimum absolute atomic E-state index is 0.0591. The molecule has 0 saturated carbocycles. The fourth-order valence-electron chi connectivity index (χ4n) is 3.73. The van der Waals surface area contributed by atoms with Crippen molar-refractivity contribution in [1.29, 1.82) is 0 Å². The number of hydrogen-bond donors (Lipinski definition) is 1. The van der Waals surface area contributed by atoms with E-state index in [9.17, 15) is 14.7 Å². The summed E-state index contributed by atoms with van der Waals surface area (Å²) in [5.74, 6) is -0.309. The molecule has 174 valence electrons. The van der Waals surface area contributed by atoms with Crippen molar-refractivity contribution in [1.82, 2.24) is 9.80 Å². The Kier molecular flexibility index (Phi) is 7.90. The smallest absolute Gasteiger partial charge is 0.295 e. The Labute approximate surface area is 194 Å². The van der Waals surface area contributed by atoms with E-state index < -0.39 is 17.7 Å². The Hall–Kier alpha value is -3.58. The number of carbonyl (C=O) groups excluding carboxylic acids is 2. The van der Waals surface area contributed by atoms with Crippen LogP contribution >= 0.6 is 0 Å². The molecular formula is C26H30N2O5. The number of ketones is 1. The first-order valence-electron chi connectivity index (χ1n) is 10.9. The lowest BCUT2D eigenvalue weighted by atomic mass is 9.95. The summed E-state index contributed by atoms with van der Waals surface area (Å²) in [6.45, 7) is 7.30. The van der Waals surface area contributed by atoms with Gasteiger partial charge < -0.3 is 24.4 Å². The van der Waals surface area contributed by atoms with Gasteiger partial charge in [-0.25, -0.2) is 0 Å². The number of likely N-dealkylation sites (N-methyl/N-ethyl adjacent to an activating group) is 1. The zero-order valence-corrected chi connectivity index (χ0v) is 19.3. The first-order chi connectivity index (χ1) is 15.9. The molecule has 1 aliphatic heterocycles. The third-order valence-corrected chi connectivity index (χ3v) is 5.31. The summed E-state index contributed by atoms with van der Waals surface area (Å²) in [6.07, 6.45) is 1.64. The minimum atomic E-state index is -0.733. The second-order valence-corrected chi connectivity index (χ2v) is 7.93.